The fourth-order valence-electron chi connectivity index (χ4n) is 2.43. The lowest BCUT2D eigenvalue weighted by Crippen LogP contribution is -2.10. The molecule has 0 unspecified atom stereocenters. The summed E-state index contributed by atoms with van der Waals surface area (Å²) in [5.74, 6) is 0.0816. The number of nitriles is 1. The van der Waals surface area contributed by atoms with Crippen molar-refractivity contribution in [2.24, 2.45) is 0 Å². The third-order valence-corrected chi connectivity index (χ3v) is 5.79. The van der Waals surface area contributed by atoms with Crippen LogP contribution in [0.25, 0.3) is 11.6 Å². The highest BCUT2D eigenvalue weighted by molar-refractivity contribution is 9.10. The summed E-state index contributed by atoms with van der Waals surface area (Å²) in [6.45, 7) is 0. The Labute approximate surface area is 176 Å². The second-order valence-corrected chi connectivity index (χ2v) is 8.61. The second-order valence-electron chi connectivity index (χ2n) is 5.71. The molecule has 140 valence electrons. The summed E-state index contributed by atoms with van der Waals surface area (Å²) >= 11 is 9.43. The Balaban J connectivity index is 2.04. The molecule has 3 aromatic carbocycles. The lowest BCUT2D eigenvalue weighted by molar-refractivity contribution is 0.485. The fraction of sp³-hybridized carbons (Fsp3) is 0. The lowest BCUT2D eigenvalue weighted by atomic mass is 10.0. The summed E-state index contributed by atoms with van der Waals surface area (Å²) in [4.78, 5) is 0.0355. The van der Waals surface area contributed by atoms with Gasteiger partial charge in [-0.2, -0.15) is 13.7 Å². The van der Waals surface area contributed by atoms with Crippen molar-refractivity contribution < 1.29 is 12.6 Å². The van der Waals surface area contributed by atoms with Gasteiger partial charge in [0.15, 0.2) is 0 Å². The Morgan fingerprint density at radius 2 is 1.71 bits per heavy atom. The maximum absolute atomic E-state index is 12.6. The molecule has 0 saturated carbocycles. The van der Waals surface area contributed by atoms with Crippen LogP contribution < -0.4 is 4.18 Å². The molecular formula is C21H13BrClNO3S. The zero-order valence-electron chi connectivity index (χ0n) is 14.3. The van der Waals surface area contributed by atoms with E-state index in [0.29, 0.717) is 21.7 Å². The average Bonchev–Trinajstić information content (AvgIpc) is 2.69. The van der Waals surface area contributed by atoms with Crippen LogP contribution in [-0.4, -0.2) is 8.42 Å². The van der Waals surface area contributed by atoms with Gasteiger partial charge in [-0.25, -0.2) is 0 Å². The third-order valence-electron chi connectivity index (χ3n) is 3.78. The first-order valence-electron chi connectivity index (χ1n) is 8.06. The second kappa shape index (κ2) is 8.61. The quantitative estimate of drug-likeness (QED) is 0.261. The van der Waals surface area contributed by atoms with Gasteiger partial charge >= 0.3 is 10.1 Å². The zero-order chi connectivity index (χ0) is 20.1. The third kappa shape index (κ3) is 4.82. The molecule has 0 saturated heterocycles. The molecule has 0 N–H and O–H groups in total. The van der Waals surface area contributed by atoms with E-state index in [9.17, 15) is 13.7 Å². The van der Waals surface area contributed by atoms with Crippen LogP contribution in [0.5, 0.6) is 5.75 Å². The molecule has 0 aliphatic heterocycles. The van der Waals surface area contributed by atoms with Crippen LogP contribution in [0.15, 0.2) is 82.2 Å². The first kappa shape index (κ1) is 20.2. The largest absolute Gasteiger partial charge is 0.378 e. The van der Waals surface area contributed by atoms with Crippen LogP contribution >= 0.6 is 27.5 Å². The van der Waals surface area contributed by atoms with Crippen molar-refractivity contribution in [3.63, 3.8) is 0 Å². The van der Waals surface area contributed by atoms with E-state index in [1.807, 2.05) is 12.1 Å². The number of hydrogen-bond donors (Lipinski definition) is 0. The minimum absolute atomic E-state index is 0.0355. The molecular weight excluding hydrogens is 462 g/mol. The van der Waals surface area contributed by atoms with Gasteiger partial charge in [0.2, 0.25) is 0 Å². The highest BCUT2D eigenvalue weighted by Gasteiger charge is 2.18. The van der Waals surface area contributed by atoms with Crippen molar-refractivity contribution in [3.05, 3.63) is 93.4 Å². The maximum atomic E-state index is 12.6. The summed E-state index contributed by atoms with van der Waals surface area (Å²) in [5.41, 5.74) is 1.41. The van der Waals surface area contributed by atoms with Gasteiger partial charge in [-0.05, 0) is 54.1 Å². The standard InChI is InChI=1S/C21H13BrClNO3S/c22-18-8-6-15(7-9-18)17(14-24)12-16-13-19(23)10-11-21(16)27-28(25,26)20-4-2-1-3-5-20/h1-13H/b17-12+. The minimum atomic E-state index is -4.02. The van der Waals surface area contributed by atoms with Crippen molar-refractivity contribution in [1.29, 1.82) is 5.26 Å². The molecule has 0 radical (unpaired) electrons. The van der Waals surface area contributed by atoms with E-state index in [2.05, 4.69) is 22.0 Å². The van der Waals surface area contributed by atoms with Crippen LogP contribution in [0, 0.1) is 11.3 Å². The lowest BCUT2D eigenvalue weighted by Gasteiger charge is -2.10. The van der Waals surface area contributed by atoms with Gasteiger partial charge in [0, 0.05) is 15.1 Å². The van der Waals surface area contributed by atoms with Crippen LogP contribution in [0.1, 0.15) is 11.1 Å². The molecule has 0 aromatic heterocycles. The summed E-state index contributed by atoms with van der Waals surface area (Å²) in [5, 5.41) is 9.95. The van der Waals surface area contributed by atoms with Crippen molar-refractivity contribution in [2.45, 2.75) is 4.90 Å². The summed E-state index contributed by atoms with van der Waals surface area (Å²) in [6, 6.07) is 21.7. The molecule has 7 heteroatoms. The van der Waals surface area contributed by atoms with Crippen LogP contribution in [0.3, 0.4) is 0 Å². The topological polar surface area (TPSA) is 67.2 Å². The smallest absolute Gasteiger partial charge is 0.339 e. The molecule has 3 aromatic rings. The maximum Gasteiger partial charge on any atom is 0.339 e. The van der Waals surface area contributed by atoms with E-state index >= 15 is 0 Å². The Bertz CT molecular complexity index is 1170. The molecule has 0 bridgehead atoms. The van der Waals surface area contributed by atoms with Gasteiger partial charge in [0.05, 0.1) is 11.6 Å². The molecule has 0 aliphatic carbocycles. The number of rotatable bonds is 5. The highest BCUT2D eigenvalue weighted by Crippen LogP contribution is 2.30. The number of hydrogen-bond acceptors (Lipinski definition) is 4. The molecule has 3 rings (SSSR count). The fourth-order valence-corrected chi connectivity index (χ4v) is 3.85. The Hall–Kier alpha value is -2.59. The van der Waals surface area contributed by atoms with Gasteiger partial charge in [0.25, 0.3) is 0 Å². The van der Waals surface area contributed by atoms with E-state index < -0.39 is 10.1 Å². The first-order chi connectivity index (χ1) is 13.4. The Morgan fingerprint density at radius 1 is 1.04 bits per heavy atom. The Kier molecular flexibility index (Phi) is 6.20. The number of halogens is 2. The summed E-state index contributed by atoms with van der Waals surface area (Å²) in [6.07, 6.45) is 1.55. The molecule has 0 fully saturated rings. The molecule has 28 heavy (non-hydrogen) atoms. The van der Waals surface area contributed by atoms with Crippen molar-refractivity contribution in [3.8, 4) is 11.8 Å². The van der Waals surface area contributed by atoms with E-state index in [-0.39, 0.29) is 10.6 Å². The monoisotopic (exact) mass is 473 g/mol. The van der Waals surface area contributed by atoms with Crippen LogP contribution in [0.4, 0.5) is 0 Å². The molecule has 0 aliphatic rings. The average molecular weight is 475 g/mol. The SMILES string of the molecule is N#C/C(=C\c1cc(Cl)ccc1OS(=O)(=O)c1ccccc1)c1ccc(Br)cc1. The van der Waals surface area contributed by atoms with Gasteiger partial charge in [-0.15, -0.1) is 0 Å². The minimum Gasteiger partial charge on any atom is -0.378 e. The molecule has 4 nitrogen and oxygen atoms in total. The molecule has 0 amide bonds. The molecule has 0 spiro atoms. The normalized spacial score (nSPS) is 11.7. The summed E-state index contributed by atoms with van der Waals surface area (Å²) < 4.78 is 31.3. The number of allylic oxidation sites excluding steroid dienone is 1. The molecule has 0 heterocycles. The predicted molar refractivity (Wildman–Crippen MR) is 113 cm³/mol. The van der Waals surface area contributed by atoms with Crippen molar-refractivity contribution in [2.75, 3.05) is 0 Å². The van der Waals surface area contributed by atoms with Gasteiger partial charge in [0.1, 0.15) is 10.6 Å². The van der Waals surface area contributed by atoms with Crippen LogP contribution in [0.2, 0.25) is 5.02 Å². The van der Waals surface area contributed by atoms with E-state index in [4.69, 9.17) is 15.8 Å². The van der Waals surface area contributed by atoms with Gasteiger partial charge in [-0.3, -0.25) is 0 Å². The van der Waals surface area contributed by atoms with E-state index in [1.165, 1.54) is 24.3 Å². The predicted octanol–water partition coefficient (Wildman–Crippen LogP) is 5.93. The van der Waals surface area contributed by atoms with E-state index in [0.717, 1.165) is 4.47 Å². The Morgan fingerprint density at radius 3 is 2.36 bits per heavy atom. The highest BCUT2D eigenvalue weighted by atomic mass is 79.9. The van der Waals surface area contributed by atoms with Crippen molar-refractivity contribution >= 4 is 49.3 Å². The first-order valence-corrected chi connectivity index (χ1v) is 10.6. The number of benzene rings is 3. The van der Waals surface area contributed by atoms with Gasteiger partial charge < -0.3 is 4.18 Å². The van der Waals surface area contributed by atoms with Crippen molar-refractivity contribution in [1.82, 2.24) is 0 Å². The summed E-state index contributed by atoms with van der Waals surface area (Å²) in [7, 11) is -4.02. The number of nitrogens with zero attached hydrogens (tertiary/aromatic N) is 1. The molecule has 0 atom stereocenters. The van der Waals surface area contributed by atoms with Gasteiger partial charge in [-0.1, -0.05) is 57.9 Å². The zero-order valence-corrected chi connectivity index (χ0v) is 17.5. The van der Waals surface area contributed by atoms with Crippen LogP contribution in [-0.2, 0) is 10.1 Å². The van der Waals surface area contributed by atoms with E-state index in [1.54, 1.807) is 42.5 Å².